The molecule has 0 aromatic carbocycles. The van der Waals surface area contributed by atoms with Gasteiger partial charge in [0.25, 0.3) is 0 Å². The minimum absolute atomic E-state index is 0.275. The predicted octanol–water partition coefficient (Wildman–Crippen LogP) is 2.09. The van der Waals surface area contributed by atoms with Gasteiger partial charge in [-0.3, -0.25) is 0 Å². The number of thioether (sulfide) groups is 2. The average molecular weight is 216 g/mol. The summed E-state index contributed by atoms with van der Waals surface area (Å²) in [4.78, 5) is 0.577. The summed E-state index contributed by atoms with van der Waals surface area (Å²) in [5.41, 5.74) is 0.612. The first-order valence-electron chi connectivity index (χ1n) is 3.35. The van der Waals surface area contributed by atoms with Crippen LogP contribution in [-0.2, 0) is 0 Å². The van der Waals surface area contributed by atoms with Gasteiger partial charge in [0.2, 0.25) is 0 Å². The second-order valence-electron chi connectivity index (χ2n) is 2.21. The Hall–Kier alpha value is -0.180. The first kappa shape index (κ1) is 9.90. The highest BCUT2D eigenvalue weighted by molar-refractivity contribution is 8.22. The molecule has 5 heteroatoms. The van der Waals surface area contributed by atoms with Crippen LogP contribution in [0.1, 0.15) is 6.92 Å². The van der Waals surface area contributed by atoms with Crippen LogP contribution >= 0.6 is 35.7 Å². The van der Waals surface area contributed by atoms with E-state index in [2.05, 4.69) is 11.4 Å². The zero-order chi connectivity index (χ0) is 9.14. The lowest BCUT2D eigenvalue weighted by atomic mass is 10.3. The van der Waals surface area contributed by atoms with Gasteiger partial charge in [0.1, 0.15) is 16.6 Å². The van der Waals surface area contributed by atoms with E-state index >= 15 is 0 Å². The summed E-state index contributed by atoms with van der Waals surface area (Å²) in [5.74, 6) is 0. The van der Waals surface area contributed by atoms with E-state index in [1.807, 2.05) is 13.2 Å². The molecule has 0 spiro atoms. The summed E-state index contributed by atoms with van der Waals surface area (Å²) >= 11 is 8.25. The summed E-state index contributed by atoms with van der Waals surface area (Å²) in [7, 11) is 0. The van der Waals surface area contributed by atoms with Gasteiger partial charge in [-0.05, 0) is 13.2 Å². The Bertz CT molecular complexity index is 277. The van der Waals surface area contributed by atoms with Gasteiger partial charge in [-0.25, -0.2) is 0 Å². The Kier molecular flexibility index (Phi) is 3.44. The molecule has 1 aliphatic rings. The number of thiocarbonyl (C=S) groups is 1. The molecule has 0 saturated heterocycles. The van der Waals surface area contributed by atoms with E-state index < -0.39 is 0 Å². The molecule has 64 valence electrons. The first-order chi connectivity index (χ1) is 5.69. The lowest BCUT2D eigenvalue weighted by Gasteiger charge is -2.22. The van der Waals surface area contributed by atoms with Crippen LogP contribution in [0.5, 0.6) is 0 Å². The maximum atomic E-state index is 8.79. The van der Waals surface area contributed by atoms with Crippen molar-refractivity contribution in [3.05, 3.63) is 9.81 Å². The predicted molar refractivity (Wildman–Crippen MR) is 58.9 cm³/mol. The van der Waals surface area contributed by atoms with Gasteiger partial charge in [0.05, 0.1) is 9.61 Å². The Morgan fingerprint density at radius 3 is 2.92 bits per heavy atom. The summed E-state index contributed by atoms with van der Waals surface area (Å²) in [6.07, 6.45) is 1.96. The van der Waals surface area contributed by atoms with Crippen molar-refractivity contribution in [1.82, 2.24) is 5.32 Å². The van der Waals surface area contributed by atoms with Crippen molar-refractivity contribution in [2.45, 2.75) is 12.3 Å². The zero-order valence-electron chi connectivity index (χ0n) is 6.75. The third-order valence-electron chi connectivity index (χ3n) is 1.35. The number of nitrogens with one attached hydrogen (secondary N) is 1. The number of nitrogens with zero attached hydrogens (tertiary/aromatic N) is 1. The minimum Gasteiger partial charge on any atom is -0.363 e. The summed E-state index contributed by atoms with van der Waals surface area (Å²) in [5, 5.41) is 12.1. The highest BCUT2D eigenvalue weighted by atomic mass is 32.2. The van der Waals surface area contributed by atoms with Gasteiger partial charge >= 0.3 is 0 Å². The quantitative estimate of drug-likeness (QED) is 0.679. The highest BCUT2D eigenvalue weighted by Gasteiger charge is 2.21. The number of nitriles is 1. The Morgan fingerprint density at radius 1 is 1.75 bits per heavy atom. The third-order valence-corrected chi connectivity index (χ3v) is 3.92. The molecule has 1 rings (SSSR count). The maximum absolute atomic E-state index is 8.79. The lowest BCUT2D eigenvalue weighted by molar-refractivity contribution is 0.910. The van der Waals surface area contributed by atoms with Gasteiger partial charge in [0, 0.05) is 0 Å². The molecule has 2 nitrogen and oxygen atoms in total. The molecule has 1 atom stereocenters. The maximum Gasteiger partial charge on any atom is 0.119 e. The molecule has 1 unspecified atom stereocenters. The fraction of sp³-hybridized carbons (Fsp3) is 0.429. The van der Waals surface area contributed by atoms with Crippen LogP contribution in [-0.4, -0.2) is 16.6 Å². The smallest absolute Gasteiger partial charge is 0.119 e. The lowest BCUT2D eigenvalue weighted by Crippen LogP contribution is -2.33. The molecule has 0 bridgehead atoms. The van der Waals surface area contributed by atoms with Gasteiger partial charge < -0.3 is 5.32 Å². The van der Waals surface area contributed by atoms with E-state index in [0.29, 0.717) is 10.6 Å². The fourth-order valence-electron chi connectivity index (χ4n) is 0.845. The van der Waals surface area contributed by atoms with Crippen molar-refractivity contribution in [1.29, 1.82) is 5.26 Å². The van der Waals surface area contributed by atoms with Crippen LogP contribution < -0.4 is 5.32 Å². The number of rotatable bonds is 1. The summed E-state index contributed by atoms with van der Waals surface area (Å²) in [6, 6.07) is 2.11. The SMILES string of the molecule is CSC1=C(C#N)C(=S)NC(C)S1. The molecule has 0 fully saturated rings. The molecule has 12 heavy (non-hydrogen) atoms. The minimum atomic E-state index is 0.275. The molecule has 1 aliphatic heterocycles. The zero-order valence-corrected chi connectivity index (χ0v) is 9.20. The van der Waals surface area contributed by atoms with Crippen LogP contribution in [0.3, 0.4) is 0 Å². The monoisotopic (exact) mass is 216 g/mol. The molecular formula is C7H8N2S3. The molecule has 0 radical (unpaired) electrons. The van der Waals surface area contributed by atoms with Gasteiger partial charge in [-0.2, -0.15) is 5.26 Å². The van der Waals surface area contributed by atoms with E-state index in [-0.39, 0.29) is 5.37 Å². The van der Waals surface area contributed by atoms with Gasteiger partial charge in [-0.15, -0.1) is 11.8 Å². The molecule has 0 aliphatic carbocycles. The van der Waals surface area contributed by atoms with Crippen molar-refractivity contribution in [3.63, 3.8) is 0 Å². The van der Waals surface area contributed by atoms with Crippen LogP contribution in [0.4, 0.5) is 0 Å². The molecule has 0 aromatic rings. The summed E-state index contributed by atoms with van der Waals surface area (Å²) in [6.45, 7) is 2.03. The first-order valence-corrected chi connectivity index (χ1v) is 5.86. The Balaban J connectivity index is 3.00. The molecule has 1 heterocycles. The standard InChI is InChI=1S/C7H8N2S3/c1-4-9-6(10)5(3-8)7(11-2)12-4/h4H,1-2H3,(H,9,10). The number of hydrogen-bond acceptors (Lipinski definition) is 4. The topological polar surface area (TPSA) is 35.8 Å². The van der Waals surface area contributed by atoms with E-state index in [1.54, 1.807) is 23.5 Å². The normalized spacial score (nSPS) is 23.4. The van der Waals surface area contributed by atoms with Crippen LogP contribution in [0.25, 0.3) is 0 Å². The Labute approximate surface area is 85.8 Å². The van der Waals surface area contributed by atoms with E-state index in [4.69, 9.17) is 17.5 Å². The molecular weight excluding hydrogens is 208 g/mol. The molecule has 0 saturated carbocycles. The van der Waals surface area contributed by atoms with Crippen LogP contribution in [0, 0.1) is 11.3 Å². The largest absolute Gasteiger partial charge is 0.363 e. The molecule has 0 aromatic heterocycles. The van der Waals surface area contributed by atoms with Gasteiger partial charge in [0.15, 0.2) is 0 Å². The van der Waals surface area contributed by atoms with E-state index in [1.165, 1.54) is 0 Å². The summed E-state index contributed by atoms with van der Waals surface area (Å²) < 4.78 is 1.02. The van der Waals surface area contributed by atoms with E-state index in [0.717, 1.165) is 4.24 Å². The van der Waals surface area contributed by atoms with Gasteiger partial charge in [-0.1, -0.05) is 24.0 Å². The van der Waals surface area contributed by atoms with Crippen LogP contribution in [0.15, 0.2) is 9.81 Å². The second-order valence-corrected chi connectivity index (χ2v) is 5.05. The van der Waals surface area contributed by atoms with E-state index in [9.17, 15) is 0 Å². The molecule has 0 amide bonds. The van der Waals surface area contributed by atoms with Crippen molar-refractivity contribution in [2.75, 3.05) is 6.26 Å². The number of hydrogen-bond donors (Lipinski definition) is 1. The third kappa shape index (κ3) is 1.94. The average Bonchev–Trinajstić information content (AvgIpc) is 2.03. The van der Waals surface area contributed by atoms with Crippen molar-refractivity contribution >= 4 is 40.7 Å². The Morgan fingerprint density at radius 2 is 2.42 bits per heavy atom. The van der Waals surface area contributed by atoms with Crippen molar-refractivity contribution < 1.29 is 0 Å². The highest BCUT2D eigenvalue weighted by Crippen LogP contribution is 2.35. The molecule has 1 N–H and O–H groups in total. The fourth-order valence-corrected chi connectivity index (χ4v) is 3.31. The van der Waals surface area contributed by atoms with Crippen LogP contribution in [0.2, 0.25) is 0 Å². The van der Waals surface area contributed by atoms with Crippen molar-refractivity contribution in [3.8, 4) is 6.07 Å². The second kappa shape index (κ2) is 4.17. The van der Waals surface area contributed by atoms with Crippen molar-refractivity contribution in [2.24, 2.45) is 0 Å².